The summed E-state index contributed by atoms with van der Waals surface area (Å²) in [5.41, 5.74) is 9.40. The van der Waals surface area contributed by atoms with Gasteiger partial charge in [0.2, 0.25) is 0 Å². The van der Waals surface area contributed by atoms with E-state index >= 15 is 0 Å². The van der Waals surface area contributed by atoms with Crippen molar-refractivity contribution in [2.45, 2.75) is 516 Å². The fourth-order valence-electron chi connectivity index (χ4n) is 14.8. The normalized spacial score (nSPS) is 11.8. The van der Waals surface area contributed by atoms with E-state index in [9.17, 15) is 0 Å². The van der Waals surface area contributed by atoms with Crippen molar-refractivity contribution in [2.24, 2.45) is 0 Å². The Labute approximate surface area is 547 Å². The Morgan fingerprint density at radius 2 is 0.244 bits per heavy atom. The molecule has 0 heterocycles. The summed E-state index contributed by atoms with van der Waals surface area (Å²) in [6.07, 6.45) is 109. The number of benzene rings is 1. The van der Waals surface area contributed by atoms with Crippen LogP contribution in [-0.2, 0) is 32.1 Å². The molecule has 1 aromatic rings. The molecule has 0 nitrogen and oxygen atoms in total. The van der Waals surface area contributed by atoms with Gasteiger partial charge in [-0.15, -0.1) is 0 Å². The van der Waals surface area contributed by atoms with Crippen LogP contribution in [0, 0.1) is 0 Å². The maximum atomic E-state index is 2.91. The fourth-order valence-corrected chi connectivity index (χ4v) is 14.8. The molecular weight excluding hydrogens is 1030 g/mol. The lowest BCUT2D eigenvalue weighted by molar-refractivity contribution is 0.531. The van der Waals surface area contributed by atoms with Crippen molar-refractivity contribution in [1.82, 2.24) is 0 Å². The minimum atomic E-state index is 1.35. The molecule has 0 aliphatic heterocycles. The predicted octanol–water partition coefficient (Wildman–Crippen LogP) is 31.8. The first-order valence-electron chi connectivity index (χ1n) is 41.9. The van der Waals surface area contributed by atoms with Gasteiger partial charge in [0.15, 0.2) is 0 Å². The van der Waals surface area contributed by atoms with Crippen molar-refractivity contribution in [2.75, 3.05) is 0 Å². The Hall–Kier alpha value is -0.780. The van der Waals surface area contributed by atoms with Crippen LogP contribution in [-0.4, -0.2) is 0 Å². The molecule has 0 unspecified atom stereocenters. The molecule has 0 aliphatic rings. The Bertz CT molecular complexity index is 1310. The lowest BCUT2D eigenvalue weighted by atomic mass is 9.81. The topological polar surface area (TPSA) is 0 Å². The first kappa shape index (κ1) is 83.2. The quantitative estimate of drug-likeness (QED) is 0.0570. The summed E-state index contributed by atoms with van der Waals surface area (Å²) >= 11 is 0. The van der Waals surface area contributed by atoms with Crippen LogP contribution in [0.3, 0.4) is 0 Å². The van der Waals surface area contributed by atoms with Gasteiger partial charge in [-0.05, 0) is 92.0 Å². The molecule has 0 radical (unpaired) electrons. The second kappa shape index (κ2) is 71.7. The summed E-state index contributed by atoms with van der Waals surface area (Å²) in [5, 5.41) is 0. The minimum absolute atomic E-state index is 1.35. The van der Waals surface area contributed by atoms with Gasteiger partial charge in [-0.1, -0.05) is 458 Å². The summed E-state index contributed by atoms with van der Waals surface area (Å²) in [4.78, 5) is 0. The molecule has 0 spiro atoms. The van der Waals surface area contributed by atoms with Crippen LogP contribution in [0.5, 0.6) is 0 Å². The Kier molecular flexibility index (Phi) is 69.4. The Balaban J connectivity index is 3.22. The van der Waals surface area contributed by atoms with Crippen LogP contribution in [0.1, 0.15) is 512 Å². The molecule has 86 heavy (non-hydrogen) atoms. The van der Waals surface area contributed by atoms with Crippen molar-refractivity contribution in [3.05, 3.63) is 33.9 Å². The molecule has 0 heteroatoms. The van der Waals surface area contributed by atoms with Crippen molar-refractivity contribution in [1.29, 1.82) is 0 Å². The Morgan fingerprint density at radius 3 is 0.395 bits per heavy atom. The average Bonchev–Trinajstić information content (AvgIpc) is 1.49. The van der Waals surface area contributed by atoms with Crippen LogP contribution >= 0.6 is 0 Å². The summed E-state index contributed by atoms with van der Waals surface area (Å²) in [5.74, 6) is 0. The van der Waals surface area contributed by atoms with E-state index in [1.54, 1.807) is 0 Å². The average molecular weight is 1200 g/mol. The molecule has 0 aromatic heterocycles. The molecule has 510 valence electrons. The first-order chi connectivity index (χ1) is 42.7. The van der Waals surface area contributed by atoms with Gasteiger partial charge in [0.1, 0.15) is 0 Å². The highest BCUT2D eigenvalue weighted by atomic mass is 14.2. The number of hydrogen-bond donors (Lipinski definition) is 0. The lowest BCUT2D eigenvalue weighted by Gasteiger charge is -2.24. The van der Waals surface area contributed by atoms with Crippen LogP contribution in [0.2, 0.25) is 0 Å². The maximum Gasteiger partial charge on any atom is -0.0273 e. The van der Waals surface area contributed by atoms with Crippen molar-refractivity contribution >= 4 is 0 Å². The molecule has 0 saturated heterocycles. The van der Waals surface area contributed by atoms with E-state index in [4.69, 9.17) is 0 Å². The maximum absolute atomic E-state index is 2.91. The van der Waals surface area contributed by atoms with Crippen LogP contribution in [0.4, 0.5) is 0 Å². The molecule has 0 bridgehead atoms. The molecule has 0 fully saturated rings. The summed E-state index contributed by atoms with van der Waals surface area (Å²) in [7, 11) is 0. The number of rotatable bonds is 75. The third-order valence-corrected chi connectivity index (χ3v) is 20.8. The zero-order valence-corrected chi connectivity index (χ0v) is 61.1. The summed E-state index contributed by atoms with van der Waals surface area (Å²) in [6, 6.07) is 2.91. The van der Waals surface area contributed by atoms with E-state index in [1.807, 2.05) is 27.8 Å². The SMILES string of the molecule is CCCCCCCCCCCCCCCCc1cc(CCCCCCCCCCCCCCCC)c(CCCCCCCCCCCCCCCC)c(CCCCCCCCCCCCCCCC)c1CCCCCCCCCCCCCCCC. The van der Waals surface area contributed by atoms with Crippen molar-refractivity contribution in [3.63, 3.8) is 0 Å². The van der Waals surface area contributed by atoms with E-state index in [0.29, 0.717) is 0 Å². The molecule has 1 aromatic carbocycles. The lowest BCUT2D eigenvalue weighted by Crippen LogP contribution is -2.11. The highest BCUT2D eigenvalue weighted by Crippen LogP contribution is 2.33. The zero-order chi connectivity index (χ0) is 61.6. The monoisotopic (exact) mass is 1200 g/mol. The number of hydrogen-bond acceptors (Lipinski definition) is 0. The van der Waals surface area contributed by atoms with E-state index < -0.39 is 0 Å². The van der Waals surface area contributed by atoms with Gasteiger partial charge in [0.05, 0.1) is 0 Å². The van der Waals surface area contributed by atoms with Gasteiger partial charge >= 0.3 is 0 Å². The predicted molar refractivity (Wildman–Crippen MR) is 397 cm³/mol. The molecule has 0 N–H and O–H groups in total. The largest absolute Gasteiger partial charge is 0.0654 e. The third kappa shape index (κ3) is 57.1. The second-order valence-electron chi connectivity index (χ2n) is 29.4. The Morgan fingerprint density at radius 1 is 0.128 bits per heavy atom. The first-order valence-corrected chi connectivity index (χ1v) is 41.9. The van der Waals surface area contributed by atoms with E-state index in [-0.39, 0.29) is 0 Å². The van der Waals surface area contributed by atoms with Crippen molar-refractivity contribution < 1.29 is 0 Å². The van der Waals surface area contributed by atoms with Crippen LogP contribution in [0.15, 0.2) is 6.07 Å². The van der Waals surface area contributed by atoms with E-state index in [0.717, 1.165) is 0 Å². The summed E-state index contributed by atoms with van der Waals surface area (Å²) < 4.78 is 0. The van der Waals surface area contributed by atoms with Gasteiger partial charge in [-0.3, -0.25) is 0 Å². The highest BCUT2D eigenvalue weighted by molar-refractivity contribution is 5.47. The van der Waals surface area contributed by atoms with Gasteiger partial charge < -0.3 is 0 Å². The number of aryl methyl sites for hydroxylation is 2. The van der Waals surface area contributed by atoms with Crippen LogP contribution < -0.4 is 0 Å². The zero-order valence-electron chi connectivity index (χ0n) is 61.1. The molecule has 1 rings (SSSR count). The van der Waals surface area contributed by atoms with E-state index in [2.05, 4.69) is 40.7 Å². The smallest absolute Gasteiger partial charge is 0.0273 e. The highest BCUT2D eigenvalue weighted by Gasteiger charge is 2.18. The van der Waals surface area contributed by atoms with Crippen molar-refractivity contribution in [3.8, 4) is 0 Å². The minimum Gasteiger partial charge on any atom is -0.0654 e. The molecule has 0 aliphatic carbocycles. The van der Waals surface area contributed by atoms with E-state index in [1.165, 1.54) is 482 Å². The molecular formula is C86H166. The van der Waals surface area contributed by atoms with Gasteiger partial charge in [-0.2, -0.15) is 0 Å². The molecule has 0 saturated carbocycles. The van der Waals surface area contributed by atoms with Gasteiger partial charge in [0.25, 0.3) is 0 Å². The third-order valence-electron chi connectivity index (χ3n) is 20.8. The van der Waals surface area contributed by atoms with Gasteiger partial charge in [-0.25, -0.2) is 0 Å². The second-order valence-corrected chi connectivity index (χ2v) is 29.4. The summed E-state index contributed by atoms with van der Waals surface area (Å²) in [6.45, 7) is 11.7. The van der Waals surface area contributed by atoms with Crippen LogP contribution in [0.25, 0.3) is 0 Å². The molecule has 0 amide bonds. The fraction of sp³-hybridized carbons (Fsp3) is 0.930. The number of unbranched alkanes of at least 4 members (excludes halogenated alkanes) is 65. The molecule has 0 atom stereocenters. The van der Waals surface area contributed by atoms with Gasteiger partial charge in [0, 0.05) is 0 Å². The standard InChI is InChI=1S/C86H166/c1-6-11-16-21-26-31-36-41-46-51-56-61-66-71-76-82-81-83(77-72-67-62-57-52-47-42-37-32-27-22-17-12-7-2)85(79-74-69-64-59-54-49-44-39-34-29-24-19-14-9-4)86(80-75-70-65-60-55-50-45-40-35-30-25-20-15-10-5)84(82)78-73-68-63-58-53-48-43-38-33-28-23-18-13-8-3/h81H,6-80H2,1-5H3.